The van der Waals surface area contributed by atoms with Gasteiger partial charge in [-0.25, -0.2) is 4.39 Å². The third kappa shape index (κ3) is 7.46. The van der Waals surface area contributed by atoms with E-state index in [1.165, 1.54) is 44.6 Å². The molecule has 0 bridgehead atoms. The molecule has 0 spiro atoms. The first kappa shape index (κ1) is 20.9. The van der Waals surface area contributed by atoms with Crippen LogP contribution in [-0.2, 0) is 13.2 Å². The number of rotatable bonds is 12. The zero-order valence-corrected chi connectivity index (χ0v) is 17.2. The van der Waals surface area contributed by atoms with Gasteiger partial charge in [-0.15, -0.1) is 0 Å². The minimum absolute atomic E-state index is 0.229. The molecule has 0 aliphatic heterocycles. The molecule has 0 fully saturated rings. The Morgan fingerprint density at radius 2 is 1.73 bits per heavy atom. The predicted octanol–water partition coefficient (Wildman–Crippen LogP) is 6.62. The molecule has 2 aromatic carbocycles. The summed E-state index contributed by atoms with van der Waals surface area (Å²) < 4.78 is 20.7. The van der Waals surface area contributed by atoms with Crippen LogP contribution in [0.3, 0.4) is 0 Å². The lowest BCUT2D eigenvalue weighted by molar-refractivity contribution is 0.296. The Hall–Kier alpha value is -1.39. The smallest absolute Gasteiger partial charge is 0.129 e. The van der Waals surface area contributed by atoms with Crippen LogP contribution in [0.4, 0.5) is 4.39 Å². The summed E-state index contributed by atoms with van der Waals surface area (Å²) in [4.78, 5) is 0. The Kier molecular flexibility index (Phi) is 9.72. The Bertz CT molecular complexity index is 662. The lowest BCUT2D eigenvalue weighted by atomic mass is 10.1. The van der Waals surface area contributed by atoms with Gasteiger partial charge >= 0.3 is 0 Å². The second-order valence-corrected chi connectivity index (χ2v) is 7.49. The summed E-state index contributed by atoms with van der Waals surface area (Å²) >= 11 is 3.52. The van der Waals surface area contributed by atoms with Gasteiger partial charge in [0, 0.05) is 22.1 Å². The first-order valence-corrected chi connectivity index (χ1v) is 10.4. The fourth-order valence-corrected chi connectivity index (χ4v) is 3.26. The molecule has 0 saturated heterocycles. The highest BCUT2D eigenvalue weighted by Crippen LogP contribution is 2.24. The summed E-state index contributed by atoms with van der Waals surface area (Å²) in [6, 6.07) is 12.7. The van der Waals surface area contributed by atoms with Crippen molar-refractivity contribution in [3.8, 4) is 5.75 Å². The van der Waals surface area contributed by atoms with E-state index >= 15 is 0 Å². The van der Waals surface area contributed by atoms with E-state index in [4.69, 9.17) is 4.74 Å². The van der Waals surface area contributed by atoms with Crippen molar-refractivity contribution in [3.63, 3.8) is 0 Å². The number of nitrogens with one attached hydrogen (secondary N) is 1. The molecule has 26 heavy (non-hydrogen) atoms. The Balaban J connectivity index is 1.80. The maximum absolute atomic E-state index is 13.8. The molecule has 2 rings (SSSR count). The molecule has 0 heterocycles. The van der Waals surface area contributed by atoms with Crippen molar-refractivity contribution in [3.05, 3.63) is 63.9 Å². The topological polar surface area (TPSA) is 21.3 Å². The molecule has 0 saturated carbocycles. The monoisotopic (exact) mass is 421 g/mol. The van der Waals surface area contributed by atoms with Crippen LogP contribution in [0.1, 0.15) is 56.6 Å². The average Bonchev–Trinajstić information content (AvgIpc) is 2.64. The van der Waals surface area contributed by atoms with Crippen molar-refractivity contribution in [1.82, 2.24) is 5.32 Å². The van der Waals surface area contributed by atoms with Gasteiger partial charge in [0.2, 0.25) is 0 Å². The molecule has 0 unspecified atom stereocenters. The summed E-state index contributed by atoms with van der Waals surface area (Å²) in [5.74, 6) is 0.569. The van der Waals surface area contributed by atoms with Crippen molar-refractivity contribution < 1.29 is 9.13 Å². The van der Waals surface area contributed by atoms with Crippen molar-refractivity contribution in [2.45, 2.75) is 58.6 Å². The largest absolute Gasteiger partial charge is 0.488 e. The van der Waals surface area contributed by atoms with Crippen molar-refractivity contribution in [2.24, 2.45) is 0 Å². The normalized spacial score (nSPS) is 10.9. The third-order valence-corrected chi connectivity index (χ3v) is 4.88. The summed E-state index contributed by atoms with van der Waals surface area (Å²) in [5, 5.41) is 3.49. The van der Waals surface area contributed by atoms with Crippen molar-refractivity contribution in [1.29, 1.82) is 0 Å². The highest BCUT2D eigenvalue weighted by molar-refractivity contribution is 9.10. The van der Waals surface area contributed by atoms with Crippen LogP contribution in [0.2, 0.25) is 0 Å². The van der Waals surface area contributed by atoms with Gasteiger partial charge in [-0.3, -0.25) is 0 Å². The van der Waals surface area contributed by atoms with Gasteiger partial charge < -0.3 is 10.1 Å². The van der Waals surface area contributed by atoms with Crippen molar-refractivity contribution in [2.75, 3.05) is 6.54 Å². The molecule has 0 atom stereocenters. The molecular weight excluding hydrogens is 393 g/mol. The van der Waals surface area contributed by atoms with Crippen molar-refractivity contribution >= 4 is 15.9 Å². The maximum atomic E-state index is 13.8. The van der Waals surface area contributed by atoms with Gasteiger partial charge in [0.1, 0.15) is 18.2 Å². The minimum Gasteiger partial charge on any atom is -0.488 e. The highest BCUT2D eigenvalue weighted by atomic mass is 79.9. The number of unbranched alkanes of at least 4 members (excludes halogenated alkanes) is 5. The predicted molar refractivity (Wildman–Crippen MR) is 110 cm³/mol. The first-order chi connectivity index (χ1) is 12.7. The highest BCUT2D eigenvalue weighted by Gasteiger charge is 2.07. The lowest BCUT2D eigenvalue weighted by Gasteiger charge is -2.13. The van der Waals surface area contributed by atoms with Crippen LogP contribution in [-0.4, -0.2) is 6.54 Å². The number of ether oxygens (including phenoxy) is 1. The Labute approximate surface area is 165 Å². The molecule has 0 aromatic heterocycles. The lowest BCUT2D eigenvalue weighted by Crippen LogP contribution is -2.15. The van der Waals surface area contributed by atoms with Gasteiger partial charge in [-0.1, -0.05) is 73.2 Å². The van der Waals surface area contributed by atoms with E-state index in [1.54, 1.807) is 12.1 Å². The van der Waals surface area contributed by atoms with E-state index in [2.05, 4.69) is 34.2 Å². The van der Waals surface area contributed by atoms with Crippen LogP contribution in [0.25, 0.3) is 0 Å². The zero-order chi connectivity index (χ0) is 18.6. The molecule has 2 aromatic rings. The van der Waals surface area contributed by atoms with E-state index in [1.807, 2.05) is 18.2 Å². The SMILES string of the molecule is CCCCCCCCNCc1cc(Br)ccc1OCc1ccccc1F. The Morgan fingerprint density at radius 3 is 2.54 bits per heavy atom. The fourth-order valence-electron chi connectivity index (χ4n) is 2.85. The second kappa shape index (κ2) is 12.1. The van der Waals surface area contributed by atoms with Gasteiger partial charge in [-0.2, -0.15) is 0 Å². The van der Waals surface area contributed by atoms with Gasteiger partial charge in [0.05, 0.1) is 0 Å². The summed E-state index contributed by atoms with van der Waals surface area (Å²) in [7, 11) is 0. The molecular formula is C22H29BrFNO. The average molecular weight is 422 g/mol. The maximum Gasteiger partial charge on any atom is 0.129 e. The van der Waals surface area contributed by atoms with Crippen LogP contribution in [0.5, 0.6) is 5.75 Å². The van der Waals surface area contributed by atoms with Gasteiger partial charge in [0.15, 0.2) is 0 Å². The fraction of sp³-hybridized carbons (Fsp3) is 0.455. The molecule has 142 valence electrons. The van der Waals surface area contributed by atoms with E-state index in [0.717, 1.165) is 28.9 Å². The second-order valence-electron chi connectivity index (χ2n) is 6.58. The van der Waals surface area contributed by atoms with Crippen LogP contribution in [0, 0.1) is 5.82 Å². The summed E-state index contributed by atoms with van der Waals surface area (Å²) in [6.45, 7) is 4.23. The van der Waals surface area contributed by atoms with E-state index < -0.39 is 0 Å². The van der Waals surface area contributed by atoms with Crippen LogP contribution >= 0.6 is 15.9 Å². The Morgan fingerprint density at radius 1 is 0.962 bits per heavy atom. The molecule has 4 heteroatoms. The van der Waals surface area contributed by atoms with Gasteiger partial charge in [-0.05, 0) is 37.2 Å². The van der Waals surface area contributed by atoms with E-state index in [-0.39, 0.29) is 12.4 Å². The molecule has 2 nitrogen and oxygen atoms in total. The third-order valence-electron chi connectivity index (χ3n) is 4.39. The number of hydrogen-bond donors (Lipinski definition) is 1. The molecule has 1 N–H and O–H groups in total. The van der Waals surface area contributed by atoms with Crippen LogP contribution in [0.15, 0.2) is 46.9 Å². The first-order valence-electron chi connectivity index (χ1n) is 9.56. The number of benzene rings is 2. The summed E-state index contributed by atoms with van der Waals surface area (Å²) in [6.07, 6.45) is 7.77. The number of hydrogen-bond acceptors (Lipinski definition) is 2. The minimum atomic E-state index is -0.229. The van der Waals surface area contributed by atoms with E-state index in [0.29, 0.717) is 5.56 Å². The number of halogens is 2. The molecule has 0 radical (unpaired) electrons. The van der Waals surface area contributed by atoms with E-state index in [9.17, 15) is 4.39 Å². The molecule has 0 aliphatic rings. The molecule has 0 amide bonds. The zero-order valence-electron chi connectivity index (χ0n) is 15.6. The van der Waals surface area contributed by atoms with Crippen LogP contribution < -0.4 is 10.1 Å². The molecule has 0 aliphatic carbocycles. The standard InChI is InChI=1S/C22H29BrFNO/c1-2-3-4-5-6-9-14-25-16-19-15-20(23)12-13-22(19)26-17-18-10-7-8-11-21(18)24/h7-8,10-13,15,25H,2-6,9,14,16-17H2,1H3. The quantitative estimate of drug-likeness (QED) is 0.388. The van der Waals surface area contributed by atoms with Gasteiger partial charge in [0.25, 0.3) is 0 Å². The summed E-state index contributed by atoms with van der Waals surface area (Å²) in [5.41, 5.74) is 1.66.